The smallest absolute Gasteiger partial charge is 0.234 e. The van der Waals surface area contributed by atoms with Crippen molar-refractivity contribution in [3.05, 3.63) is 34.9 Å². The lowest BCUT2D eigenvalue weighted by Crippen LogP contribution is -2.52. The molecule has 3 aliphatic heterocycles. The first kappa shape index (κ1) is 13.9. The van der Waals surface area contributed by atoms with Crippen LogP contribution in [0.3, 0.4) is 0 Å². The lowest BCUT2D eigenvalue weighted by atomic mass is 9.87. The highest BCUT2D eigenvalue weighted by Gasteiger charge is 2.30. The van der Waals surface area contributed by atoms with E-state index < -0.39 is 0 Å². The third-order valence-electron chi connectivity index (χ3n) is 5.10. The fourth-order valence-corrected chi connectivity index (χ4v) is 3.61. The maximum absolute atomic E-state index is 12.0. The molecule has 5 heteroatoms. The van der Waals surface area contributed by atoms with Crippen LogP contribution in [-0.4, -0.2) is 41.5 Å². The minimum Gasteiger partial charge on any atom is -0.296 e. The van der Waals surface area contributed by atoms with E-state index in [0.717, 1.165) is 25.1 Å². The molecule has 22 heavy (non-hydrogen) atoms. The number of amides is 2. The van der Waals surface area contributed by atoms with Crippen molar-refractivity contribution in [2.75, 3.05) is 19.6 Å². The van der Waals surface area contributed by atoms with Gasteiger partial charge < -0.3 is 0 Å². The zero-order valence-corrected chi connectivity index (χ0v) is 12.7. The molecule has 2 fully saturated rings. The first-order chi connectivity index (χ1) is 10.7. The molecule has 2 amide bonds. The minimum absolute atomic E-state index is 0.144. The quantitative estimate of drug-likeness (QED) is 0.833. The molecule has 5 nitrogen and oxygen atoms in total. The second-order valence-corrected chi connectivity index (χ2v) is 6.48. The zero-order valence-electron chi connectivity index (χ0n) is 12.7. The lowest BCUT2D eigenvalue weighted by molar-refractivity contribution is -0.134. The average molecular weight is 299 g/mol. The van der Waals surface area contributed by atoms with E-state index in [1.54, 1.807) is 0 Å². The molecule has 1 atom stereocenters. The van der Waals surface area contributed by atoms with Gasteiger partial charge in [-0.25, -0.2) is 10.0 Å². The molecular weight excluding hydrogens is 278 g/mol. The van der Waals surface area contributed by atoms with E-state index in [9.17, 15) is 9.59 Å². The highest BCUT2D eigenvalue weighted by Crippen LogP contribution is 2.29. The molecule has 0 spiro atoms. The topological polar surface area (TPSA) is 52.7 Å². The van der Waals surface area contributed by atoms with Gasteiger partial charge in [-0.3, -0.25) is 14.9 Å². The monoisotopic (exact) mass is 299 g/mol. The van der Waals surface area contributed by atoms with E-state index in [1.807, 2.05) is 0 Å². The number of imide groups is 1. The van der Waals surface area contributed by atoms with E-state index in [2.05, 4.69) is 33.5 Å². The van der Waals surface area contributed by atoms with Crippen molar-refractivity contribution < 1.29 is 9.59 Å². The molecule has 1 N–H and O–H groups in total. The van der Waals surface area contributed by atoms with Gasteiger partial charge in [-0.05, 0) is 36.0 Å². The number of hydrogen-bond donors (Lipinski definition) is 1. The largest absolute Gasteiger partial charge is 0.296 e. The van der Waals surface area contributed by atoms with Gasteiger partial charge in [0.05, 0.1) is 5.92 Å². The van der Waals surface area contributed by atoms with Crippen molar-refractivity contribution in [2.45, 2.75) is 38.1 Å². The molecule has 1 unspecified atom stereocenters. The number of rotatable bonds is 2. The Morgan fingerprint density at radius 1 is 1.00 bits per heavy atom. The summed E-state index contributed by atoms with van der Waals surface area (Å²) in [5.41, 5.74) is 3.79. The second kappa shape index (κ2) is 5.48. The van der Waals surface area contributed by atoms with Gasteiger partial charge in [-0.1, -0.05) is 18.2 Å². The van der Waals surface area contributed by atoms with Crippen molar-refractivity contribution in [3.8, 4) is 0 Å². The molecule has 0 bridgehead atoms. The van der Waals surface area contributed by atoms with E-state index >= 15 is 0 Å². The van der Waals surface area contributed by atoms with Crippen molar-refractivity contribution in [2.24, 2.45) is 0 Å². The van der Waals surface area contributed by atoms with E-state index in [-0.39, 0.29) is 17.7 Å². The Kier molecular flexibility index (Phi) is 3.47. The standard InChI is InChI=1S/C17H21N3O2/c21-16-5-4-15(17(22)18-16)13-2-3-14-11-20(19-7-1-8-19)9-6-12(14)10-13/h2-3,10,15H,1,4-9,11H2,(H,18,21,22). The number of carbonyl (C=O) groups is 2. The van der Waals surface area contributed by atoms with Crippen molar-refractivity contribution in [1.29, 1.82) is 0 Å². The molecule has 116 valence electrons. The summed E-state index contributed by atoms with van der Waals surface area (Å²) in [5.74, 6) is -0.463. The highest BCUT2D eigenvalue weighted by atomic mass is 16.2. The lowest BCUT2D eigenvalue weighted by Gasteiger charge is -2.43. The van der Waals surface area contributed by atoms with Crippen LogP contribution in [0.15, 0.2) is 18.2 Å². The van der Waals surface area contributed by atoms with Gasteiger partial charge in [-0.2, -0.15) is 0 Å². The predicted molar refractivity (Wildman–Crippen MR) is 81.9 cm³/mol. The van der Waals surface area contributed by atoms with Crippen molar-refractivity contribution in [3.63, 3.8) is 0 Å². The summed E-state index contributed by atoms with van der Waals surface area (Å²) in [4.78, 5) is 23.3. The summed E-state index contributed by atoms with van der Waals surface area (Å²) in [6, 6.07) is 6.42. The van der Waals surface area contributed by atoms with E-state index in [0.29, 0.717) is 12.8 Å². The SMILES string of the molecule is O=C1CCC(c2ccc3c(c2)CCN(N2CCC2)C3)C(=O)N1. The molecule has 0 aromatic heterocycles. The van der Waals surface area contributed by atoms with Gasteiger partial charge in [0.15, 0.2) is 0 Å². The van der Waals surface area contributed by atoms with Gasteiger partial charge in [0.1, 0.15) is 0 Å². The molecule has 2 saturated heterocycles. The van der Waals surface area contributed by atoms with Crippen molar-refractivity contribution in [1.82, 2.24) is 15.3 Å². The molecule has 0 saturated carbocycles. The molecule has 1 aromatic carbocycles. The maximum Gasteiger partial charge on any atom is 0.234 e. The van der Waals surface area contributed by atoms with Crippen LogP contribution >= 0.6 is 0 Å². The maximum atomic E-state index is 12.0. The number of piperidine rings is 1. The third kappa shape index (κ3) is 2.44. The van der Waals surface area contributed by atoms with Crippen LogP contribution in [0.1, 0.15) is 41.9 Å². The Labute approximate surface area is 130 Å². The van der Waals surface area contributed by atoms with Crippen molar-refractivity contribution >= 4 is 11.8 Å². The normalized spacial score (nSPS) is 26.3. The van der Waals surface area contributed by atoms with E-state index in [1.165, 1.54) is 30.6 Å². The summed E-state index contributed by atoms with van der Waals surface area (Å²) < 4.78 is 0. The first-order valence-electron chi connectivity index (χ1n) is 8.16. The average Bonchev–Trinajstić information content (AvgIpc) is 2.45. The summed E-state index contributed by atoms with van der Waals surface area (Å²) >= 11 is 0. The Morgan fingerprint density at radius 3 is 2.59 bits per heavy atom. The Hall–Kier alpha value is -1.72. The van der Waals surface area contributed by atoms with E-state index in [4.69, 9.17) is 0 Å². The van der Waals surface area contributed by atoms with Gasteiger partial charge in [-0.15, -0.1) is 0 Å². The molecule has 0 aliphatic carbocycles. The number of nitrogens with one attached hydrogen (secondary N) is 1. The second-order valence-electron chi connectivity index (χ2n) is 6.48. The van der Waals surface area contributed by atoms with Gasteiger partial charge in [0.25, 0.3) is 0 Å². The molecule has 0 radical (unpaired) electrons. The molecule has 3 aliphatic rings. The summed E-state index contributed by atoms with van der Waals surface area (Å²) in [5, 5.41) is 7.32. The highest BCUT2D eigenvalue weighted by molar-refractivity contribution is 6.00. The summed E-state index contributed by atoms with van der Waals surface area (Å²) in [6.45, 7) is 4.41. The predicted octanol–water partition coefficient (Wildman–Crippen LogP) is 1.19. The number of hydrazine groups is 1. The Bertz CT molecular complexity index is 624. The summed E-state index contributed by atoms with van der Waals surface area (Å²) in [6.07, 6.45) is 3.41. The van der Waals surface area contributed by atoms with Crippen LogP contribution in [0.2, 0.25) is 0 Å². The first-order valence-corrected chi connectivity index (χ1v) is 8.16. The molecular formula is C17H21N3O2. The number of benzene rings is 1. The third-order valence-corrected chi connectivity index (χ3v) is 5.10. The van der Waals surface area contributed by atoms with Crippen LogP contribution in [-0.2, 0) is 22.6 Å². The minimum atomic E-state index is -0.170. The van der Waals surface area contributed by atoms with Crippen LogP contribution in [0.4, 0.5) is 0 Å². The molecule has 4 rings (SSSR count). The van der Waals surface area contributed by atoms with Gasteiger partial charge in [0.2, 0.25) is 11.8 Å². The zero-order chi connectivity index (χ0) is 15.1. The molecule has 3 heterocycles. The van der Waals surface area contributed by atoms with Crippen LogP contribution in [0.5, 0.6) is 0 Å². The van der Waals surface area contributed by atoms with Gasteiger partial charge in [0, 0.05) is 32.6 Å². The Morgan fingerprint density at radius 2 is 1.86 bits per heavy atom. The summed E-state index contributed by atoms with van der Waals surface area (Å²) in [7, 11) is 0. The number of nitrogens with zero attached hydrogens (tertiary/aromatic N) is 2. The number of carbonyl (C=O) groups excluding carboxylic acids is 2. The molecule has 1 aromatic rings. The van der Waals surface area contributed by atoms with Crippen LogP contribution in [0.25, 0.3) is 0 Å². The Balaban J connectivity index is 1.52. The number of hydrogen-bond acceptors (Lipinski definition) is 4. The van der Waals surface area contributed by atoms with Crippen LogP contribution in [0, 0.1) is 0 Å². The van der Waals surface area contributed by atoms with Gasteiger partial charge >= 0.3 is 0 Å². The fraction of sp³-hybridized carbons (Fsp3) is 0.529. The van der Waals surface area contributed by atoms with Crippen LogP contribution < -0.4 is 5.32 Å². The fourth-order valence-electron chi connectivity index (χ4n) is 3.61. The number of fused-ring (bicyclic) bond motifs is 1.